The van der Waals surface area contributed by atoms with Crippen molar-refractivity contribution >= 4 is 21.9 Å². The summed E-state index contributed by atoms with van der Waals surface area (Å²) in [6.45, 7) is 0. The Hall–Kier alpha value is -1.34. The number of pyridine rings is 1. The van der Waals surface area contributed by atoms with Gasteiger partial charge in [0.25, 0.3) is 0 Å². The van der Waals surface area contributed by atoms with Gasteiger partial charge in [-0.3, -0.25) is 0 Å². The molecule has 0 saturated carbocycles. The lowest BCUT2D eigenvalue weighted by Gasteiger charge is -1.95. The average molecular weight is 240 g/mol. The number of carbonyl (C=O) groups is 1. The van der Waals surface area contributed by atoms with Crippen LogP contribution in [0, 0.1) is 11.8 Å². The summed E-state index contributed by atoms with van der Waals surface area (Å²) in [6.07, 6.45) is 1.52. The molecule has 0 amide bonds. The summed E-state index contributed by atoms with van der Waals surface area (Å²) in [5, 5.41) is 9.25. The minimum Gasteiger partial charge on any atom is -0.478 e. The highest BCUT2D eigenvalue weighted by Gasteiger charge is 2.07. The number of halogens is 1. The normalized spacial score (nSPS) is 8.69. The molecule has 0 bridgehead atoms. The van der Waals surface area contributed by atoms with Gasteiger partial charge in [-0.05, 0) is 18.1 Å². The Labute approximate surface area is 83.9 Å². The van der Waals surface area contributed by atoms with Gasteiger partial charge in [-0.25, -0.2) is 9.78 Å². The van der Waals surface area contributed by atoms with Crippen LogP contribution in [0.25, 0.3) is 0 Å². The third-order valence-corrected chi connectivity index (χ3v) is 1.59. The Kier molecular flexibility index (Phi) is 3.47. The van der Waals surface area contributed by atoms with E-state index < -0.39 is 5.97 Å². The minimum absolute atomic E-state index is 0.135. The lowest BCUT2D eigenvalue weighted by atomic mass is 10.2. The monoisotopic (exact) mass is 239 g/mol. The summed E-state index contributed by atoms with van der Waals surface area (Å²) in [7, 11) is 0. The number of aromatic nitrogens is 1. The summed E-state index contributed by atoms with van der Waals surface area (Å²) in [5.41, 5.74) is 0.436. The number of nitrogens with zero attached hydrogens (tertiary/aromatic N) is 1. The van der Waals surface area contributed by atoms with Crippen LogP contribution < -0.4 is 0 Å². The van der Waals surface area contributed by atoms with Crippen molar-refractivity contribution in [1.82, 2.24) is 4.98 Å². The van der Waals surface area contributed by atoms with E-state index in [2.05, 4.69) is 32.8 Å². The molecule has 0 aliphatic rings. The fraction of sp³-hybridized carbons (Fsp3) is 0.111. The molecular weight excluding hydrogens is 234 g/mol. The largest absolute Gasteiger partial charge is 0.478 e. The van der Waals surface area contributed by atoms with Gasteiger partial charge in [0.15, 0.2) is 0 Å². The molecule has 0 unspecified atom stereocenters. The molecule has 0 radical (unpaired) electrons. The molecule has 0 atom stereocenters. The van der Waals surface area contributed by atoms with Gasteiger partial charge in [-0.15, -0.1) is 0 Å². The molecule has 66 valence electrons. The van der Waals surface area contributed by atoms with Gasteiger partial charge in [0, 0.05) is 6.20 Å². The average Bonchev–Trinajstić information content (AvgIpc) is 2.15. The first-order valence-electron chi connectivity index (χ1n) is 3.49. The molecule has 0 aliphatic heterocycles. The van der Waals surface area contributed by atoms with Gasteiger partial charge in [0.1, 0.15) is 5.69 Å². The summed E-state index contributed by atoms with van der Waals surface area (Å²) in [4.78, 5) is 14.5. The summed E-state index contributed by atoms with van der Waals surface area (Å²) in [5.74, 6) is 4.35. The van der Waals surface area contributed by atoms with Crippen LogP contribution in [0.1, 0.15) is 16.1 Å². The van der Waals surface area contributed by atoms with Crippen molar-refractivity contribution in [2.24, 2.45) is 0 Å². The number of aromatic carboxylic acids is 1. The lowest BCUT2D eigenvalue weighted by molar-refractivity contribution is 0.0696. The maximum Gasteiger partial charge on any atom is 0.338 e. The van der Waals surface area contributed by atoms with Crippen molar-refractivity contribution in [1.29, 1.82) is 0 Å². The lowest BCUT2D eigenvalue weighted by Crippen LogP contribution is -2.01. The van der Waals surface area contributed by atoms with Crippen LogP contribution in [0.2, 0.25) is 0 Å². The number of rotatable bonds is 1. The predicted molar refractivity (Wildman–Crippen MR) is 51.9 cm³/mol. The molecule has 1 aromatic heterocycles. The zero-order valence-electron chi connectivity index (χ0n) is 6.62. The molecule has 1 rings (SSSR count). The van der Waals surface area contributed by atoms with Crippen LogP contribution in [0.4, 0.5) is 0 Å². The van der Waals surface area contributed by atoms with Crippen LogP contribution in [0.5, 0.6) is 0 Å². The molecule has 1 aromatic rings. The molecule has 0 aliphatic carbocycles. The van der Waals surface area contributed by atoms with E-state index in [1.807, 2.05) is 0 Å². The molecule has 0 saturated heterocycles. The van der Waals surface area contributed by atoms with E-state index >= 15 is 0 Å². The van der Waals surface area contributed by atoms with Gasteiger partial charge >= 0.3 is 5.97 Å². The van der Waals surface area contributed by atoms with Crippen molar-refractivity contribution in [3.05, 3.63) is 29.6 Å². The molecule has 0 fully saturated rings. The van der Waals surface area contributed by atoms with Gasteiger partial charge in [-0.2, -0.15) is 0 Å². The van der Waals surface area contributed by atoms with Crippen molar-refractivity contribution in [3.63, 3.8) is 0 Å². The quantitative estimate of drug-likeness (QED) is 0.598. The topological polar surface area (TPSA) is 50.2 Å². The van der Waals surface area contributed by atoms with Crippen LogP contribution in [-0.4, -0.2) is 21.4 Å². The maximum absolute atomic E-state index is 10.7. The fourth-order valence-electron chi connectivity index (χ4n) is 0.795. The second kappa shape index (κ2) is 4.63. The van der Waals surface area contributed by atoms with Gasteiger partial charge < -0.3 is 5.11 Å². The third kappa shape index (κ3) is 2.56. The van der Waals surface area contributed by atoms with E-state index in [1.165, 1.54) is 12.3 Å². The van der Waals surface area contributed by atoms with Crippen molar-refractivity contribution < 1.29 is 9.90 Å². The second-order valence-corrected chi connectivity index (χ2v) is 2.70. The summed E-state index contributed by atoms with van der Waals surface area (Å²) < 4.78 is 0. The number of hydrogen-bond donors (Lipinski definition) is 1. The van der Waals surface area contributed by atoms with Crippen LogP contribution in [0.3, 0.4) is 0 Å². The van der Waals surface area contributed by atoms with E-state index in [0.717, 1.165) is 0 Å². The first kappa shape index (κ1) is 9.75. The fourth-order valence-corrected chi connectivity index (χ4v) is 0.935. The van der Waals surface area contributed by atoms with E-state index in [0.29, 0.717) is 11.0 Å². The molecule has 0 aromatic carbocycles. The molecule has 1 N–H and O–H groups in total. The summed E-state index contributed by atoms with van der Waals surface area (Å²) in [6, 6.07) is 3.05. The van der Waals surface area contributed by atoms with Crippen molar-refractivity contribution in [3.8, 4) is 11.8 Å². The minimum atomic E-state index is -1.01. The maximum atomic E-state index is 10.7. The number of carboxylic acids is 1. The molecule has 3 nitrogen and oxygen atoms in total. The highest BCUT2D eigenvalue weighted by Crippen LogP contribution is 2.03. The van der Waals surface area contributed by atoms with E-state index in [1.54, 1.807) is 6.07 Å². The first-order chi connectivity index (χ1) is 6.25. The van der Waals surface area contributed by atoms with E-state index in [4.69, 9.17) is 5.11 Å². The standard InChI is InChI=1S/C9H6BrNO2/c10-5-1-4-8-7(9(12)13)3-2-6-11-8/h2-3,6H,5H2,(H,12,13). The Balaban J connectivity index is 3.12. The zero-order valence-corrected chi connectivity index (χ0v) is 8.21. The highest BCUT2D eigenvalue weighted by atomic mass is 79.9. The number of alkyl halides is 1. The van der Waals surface area contributed by atoms with Crippen LogP contribution >= 0.6 is 15.9 Å². The Morgan fingerprint density at radius 3 is 3.08 bits per heavy atom. The Morgan fingerprint density at radius 2 is 2.46 bits per heavy atom. The smallest absolute Gasteiger partial charge is 0.338 e. The SMILES string of the molecule is O=C(O)c1cccnc1C#CCBr. The van der Waals surface area contributed by atoms with Gasteiger partial charge in [0.2, 0.25) is 0 Å². The number of carboxylic acid groups (broad SMARTS) is 1. The van der Waals surface area contributed by atoms with Gasteiger partial charge in [0.05, 0.1) is 10.9 Å². The molecule has 1 heterocycles. The molecular formula is C9H6BrNO2. The Bertz CT molecular complexity index is 379. The Morgan fingerprint density at radius 1 is 1.69 bits per heavy atom. The van der Waals surface area contributed by atoms with E-state index in [-0.39, 0.29) is 5.56 Å². The second-order valence-electron chi connectivity index (χ2n) is 2.14. The van der Waals surface area contributed by atoms with Crippen LogP contribution in [-0.2, 0) is 0 Å². The molecule has 0 spiro atoms. The van der Waals surface area contributed by atoms with Crippen molar-refractivity contribution in [2.75, 3.05) is 5.33 Å². The van der Waals surface area contributed by atoms with Crippen molar-refractivity contribution in [2.45, 2.75) is 0 Å². The van der Waals surface area contributed by atoms with Crippen LogP contribution in [0.15, 0.2) is 18.3 Å². The molecule has 4 heteroatoms. The highest BCUT2D eigenvalue weighted by molar-refractivity contribution is 9.09. The first-order valence-corrected chi connectivity index (χ1v) is 4.61. The number of hydrogen-bond acceptors (Lipinski definition) is 2. The molecule has 13 heavy (non-hydrogen) atoms. The summed E-state index contributed by atoms with van der Waals surface area (Å²) >= 11 is 3.12. The van der Waals surface area contributed by atoms with Gasteiger partial charge in [-0.1, -0.05) is 21.9 Å². The van der Waals surface area contributed by atoms with E-state index in [9.17, 15) is 4.79 Å². The predicted octanol–water partition coefficient (Wildman–Crippen LogP) is 1.53. The zero-order chi connectivity index (χ0) is 9.68. The third-order valence-electron chi connectivity index (χ3n) is 1.31.